The number of ketones is 1. The average molecular weight is 377 g/mol. The molecule has 5 rings (SSSR count). The van der Waals surface area contributed by atoms with Crippen LogP contribution in [0.25, 0.3) is 0 Å². The second-order valence-corrected chi connectivity index (χ2v) is 13.2. The van der Waals surface area contributed by atoms with E-state index in [-0.39, 0.29) is 5.78 Å². The van der Waals surface area contributed by atoms with Crippen LogP contribution < -0.4 is 20.2 Å². The standard InChI is InChI=1S/C23H28N2OSi/c1-24-13-5-7-15-19(24)11-9-17-21(26)18-10-12-20-16(8-6-14-25(20)2)23(18)27(3,4)22(15)17/h9-12H,5-8,13-14H2,1-4H3. The number of anilines is 2. The summed E-state index contributed by atoms with van der Waals surface area (Å²) in [6.45, 7) is 7.17. The SMILES string of the molecule is CN1CCCc2c1ccc1c2[Si](C)(C)c2c(ccc3c2CCCN3C)C1=O. The fourth-order valence-electron chi connectivity index (χ4n) is 5.80. The molecule has 4 heteroatoms. The molecule has 0 fully saturated rings. The summed E-state index contributed by atoms with van der Waals surface area (Å²) in [5.74, 6) is 0.249. The van der Waals surface area contributed by atoms with E-state index < -0.39 is 8.07 Å². The molecular weight excluding hydrogens is 348 g/mol. The van der Waals surface area contributed by atoms with E-state index in [1.165, 1.54) is 45.7 Å². The quantitative estimate of drug-likeness (QED) is 0.661. The minimum Gasteiger partial charge on any atom is -0.374 e. The molecule has 0 saturated heterocycles. The van der Waals surface area contributed by atoms with Crippen molar-refractivity contribution >= 4 is 35.6 Å². The van der Waals surface area contributed by atoms with E-state index >= 15 is 0 Å². The summed E-state index contributed by atoms with van der Waals surface area (Å²) in [6.07, 6.45) is 4.58. The zero-order valence-corrected chi connectivity index (χ0v) is 17.9. The molecule has 3 heterocycles. The molecule has 140 valence electrons. The van der Waals surface area contributed by atoms with E-state index in [4.69, 9.17) is 0 Å². The van der Waals surface area contributed by atoms with Gasteiger partial charge in [-0.3, -0.25) is 4.79 Å². The van der Waals surface area contributed by atoms with Gasteiger partial charge >= 0.3 is 0 Å². The maximum absolute atomic E-state index is 13.5. The van der Waals surface area contributed by atoms with Gasteiger partial charge in [0.1, 0.15) is 8.07 Å². The Hall–Kier alpha value is -2.07. The molecule has 0 amide bonds. The van der Waals surface area contributed by atoms with E-state index in [0.717, 1.165) is 37.1 Å². The lowest BCUT2D eigenvalue weighted by Crippen LogP contribution is -2.63. The van der Waals surface area contributed by atoms with Crippen molar-refractivity contribution in [2.45, 2.75) is 38.8 Å². The van der Waals surface area contributed by atoms with Crippen LogP contribution in [0, 0.1) is 0 Å². The summed E-state index contributed by atoms with van der Waals surface area (Å²) in [5, 5.41) is 2.84. The molecule has 0 N–H and O–H groups in total. The van der Waals surface area contributed by atoms with Crippen LogP contribution in [-0.2, 0) is 12.8 Å². The number of hydrogen-bond donors (Lipinski definition) is 0. The van der Waals surface area contributed by atoms with Gasteiger partial charge in [0.15, 0.2) is 5.78 Å². The van der Waals surface area contributed by atoms with Gasteiger partial charge in [0.25, 0.3) is 0 Å². The molecule has 0 aromatic heterocycles. The maximum Gasteiger partial charge on any atom is 0.192 e. The fourth-order valence-corrected chi connectivity index (χ4v) is 9.80. The summed E-state index contributed by atoms with van der Waals surface area (Å²) in [5.41, 5.74) is 7.57. The van der Waals surface area contributed by atoms with Crippen LogP contribution in [0.5, 0.6) is 0 Å². The predicted octanol–water partition coefficient (Wildman–Crippen LogP) is 2.82. The summed E-state index contributed by atoms with van der Waals surface area (Å²) < 4.78 is 0. The van der Waals surface area contributed by atoms with Gasteiger partial charge in [-0.25, -0.2) is 0 Å². The second-order valence-electron chi connectivity index (χ2n) is 8.98. The molecule has 3 aliphatic rings. The van der Waals surface area contributed by atoms with Gasteiger partial charge in [-0.1, -0.05) is 13.1 Å². The summed E-state index contributed by atoms with van der Waals surface area (Å²) in [6, 6.07) is 8.60. The van der Waals surface area contributed by atoms with E-state index in [2.05, 4.69) is 61.3 Å². The highest BCUT2D eigenvalue weighted by molar-refractivity contribution is 7.03. The molecule has 0 bridgehead atoms. The van der Waals surface area contributed by atoms with Gasteiger partial charge in [-0.15, -0.1) is 0 Å². The third-order valence-electron chi connectivity index (χ3n) is 6.98. The molecule has 0 saturated carbocycles. The molecule has 27 heavy (non-hydrogen) atoms. The highest BCUT2D eigenvalue weighted by Gasteiger charge is 2.43. The van der Waals surface area contributed by atoms with Crippen molar-refractivity contribution < 1.29 is 4.79 Å². The van der Waals surface area contributed by atoms with Gasteiger partial charge in [0.2, 0.25) is 0 Å². The molecule has 0 unspecified atom stereocenters. The Bertz CT molecular complexity index is 903. The van der Waals surface area contributed by atoms with Crippen molar-refractivity contribution in [3.63, 3.8) is 0 Å². The van der Waals surface area contributed by atoms with Gasteiger partial charge in [-0.05, 0) is 71.4 Å². The van der Waals surface area contributed by atoms with E-state index in [1.54, 1.807) is 0 Å². The molecular formula is C23H28N2OSi. The first-order valence-electron chi connectivity index (χ1n) is 10.2. The molecule has 0 aliphatic carbocycles. The lowest BCUT2D eigenvalue weighted by atomic mass is 9.92. The third kappa shape index (κ3) is 2.22. The molecule has 2 aromatic carbocycles. The summed E-state index contributed by atoms with van der Waals surface area (Å²) >= 11 is 0. The first-order valence-corrected chi connectivity index (χ1v) is 13.2. The van der Waals surface area contributed by atoms with Crippen LogP contribution in [0.2, 0.25) is 13.1 Å². The second kappa shape index (κ2) is 5.71. The predicted molar refractivity (Wildman–Crippen MR) is 116 cm³/mol. The van der Waals surface area contributed by atoms with E-state index in [9.17, 15) is 4.79 Å². The number of carbonyl (C=O) groups excluding carboxylic acids is 1. The normalized spacial score (nSPS) is 19.9. The topological polar surface area (TPSA) is 23.6 Å². The van der Waals surface area contributed by atoms with E-state index in [0.29, 0.717) is 0 Å². The minimum absolute atomic E-state index is 0.249. The summed E-state index contributed by atoms with van der Waals surface area (Å²) in [7, 11) is 2.41. The van der Waals surface area contributed by atoms with Gasteiger partial charge in [0, 0.05) is 49.7 Å². The Morgan fingerprint density at radius 2 is 1.22 bits per heavy atom. The van der Waals surface area contributed by atoms with Crippen molar-refractivity contribution in [3.8, 4) is 0 Å². The van der Waals surface area contributed by atoms with Crippen LogP contribution in [0.15, 0.2) is 24.3 Å². The van der Waals surface area contributed by atoms with Crippen LogP contribution in [0.1, 0.15) is 39.9 Å². The van der Waals surface area contributed by atoms with E-state index in [1.807, 2.05) is 0 Å². The van der Waals surface area contributed by atoms with Gasteiger partial charge in [0.05, 0.1) is 0 Å². The zero-order valence-electron chi connectivity index (χ0n) is 16.9. The monoisotopic (exact) mass is 376 g/mol. The largest absolute Gasteiger partial charge is 0.374 e. The van der Waals surface area contributed by atoms with Crippen LogP contribution in [0.3, 0.4) is 0 Å². The number of fused-ring (bicyclic) bond motifs is 6. The number of hydrogen-bond acceptors (Lipinski definition) is 3. The Morgan fingerprint density at radius 3 is 1.67 bits per heavy atom. The first-order chi connectivity index (χ1) is 12.9. The fraction of sp³-hybridized carbons (Fsp3) is 0.435. The number of nitrogens with zero attached hydrogens (tertiary/aromatic N) is 2. The number of rotatable bonds is 0. The van der Waals surface area contributed by atoms with Crippen LogP contribution in [0.4, 0.5) is 11.4 Å². The molecule has 3 nitrogen and oxygen atoms in total. The molecule has 2 aromatic rings. The number of benzene rings is 2. The average Bonchev–Trinajstić information content (AvgIpc) is 2.65. The summed E-state index contributed by atoms with van der Waals surface area (Å²) in [4.78, 5) is 18.3. The highest BCUT2D eigenvalue weighted by Crippen LogP contribution is 2.34. The number of carbonyl (C=O) groups is 1. The zero-order chi connectivity index (χ0) is 18.9. The first kappa shape index (κ1) is 17.1. The van der Waals surface area contributed by atoms with Crippen LogP contribution >= 0.6 is 0 Å². The van der Waals surface area contributed by atoms with Crippen molar-refractivity contribution in [2.75, 3.05) is 37.0 Å². The smallest absolute Gasteiger partial charge is 0.192 e. The lowest BCUT2D eigenvalue weighted by Gasteiger charge is -2.41. The van der Waals surface area contributed by atoms with Crippen molar-refractivity contribution in [2.24, 2.45) is 0 Å². The Labute approximate surface area is 163 Å². The van der Waals surface area contributed by atoms with Crippen LogP contribution in [-0.4, -0.2) is 41.0 Å². The van der Waals surface area contributed by atoms with Crippen molar-refractivity contribution in [1.82, 2.24) is 0 Å². The van der Waals surface area contributed by atoms with Gasteiger partial charge < -0.3 is 9.80 Å². The Morgan fingerprint density at radius 1 is 0.778 bits per heavy atom. The molecule has 0 spiro atoms. The molecule has 3 aliphatic heterocycles. The lowest BCUT2D eigenvalue weighted by molar-refractivity contribution is 0.104. The molecule has 0 radical (unpaired) electrons. The Balaban J connectivity index is 1.82. The Kier molecular flexibility index (Phi) is 3.61. The van der Waals surface area contributed by atoms with Gasteiger partial charge in [-0.2, -0.15) is 0 Å². The molecule has 0 atom stereocenters. The van der Waals surface area contributed by atoms with Crippen molar-refractivity contribution in [1.29, 1.82) is 0 Å². The minimum atomic E-state index is -1.97. The van der Waals surface area contributed by atoms with Crippen molar-refractivity contribution in [3.05, 3.63) is 46.5 Å². The maximum atomic E-state index is 13.5. The third-order valence-corrected chi connectivity index (χ3v) is 10.6. The highest BCUT2D eigenvalue weighted by atomic mass is 28.3.